The predicted octanol–water partition coefficient (Wildman–Crippen LogP) is 4.59. The summed E-state index contributed by atoms with van der Waals surface area (Å²) in [4.78, 5) is 0. The summed E-state index contributed by atoms with van der Waals surface area (Å²) in [5, 5.41) is 3.55. The van der Waals surface area contributed by atoms with Gasteiger partial charge < -0.3 is 10.1 Å². The minimum Gasteiger partial charge on any atom is -0.495 e. The van der Waals surface area contributed by atoms with Crippen LogP contribution < -0.4 is 10.1 Å². The van der Waals surface area contributed by atoms with E-state index in [0.29, 0.717) is 6.04 Å². The quantitative estimate of drug-likeness (QED) is 0.824. The Bertz CT molecular complexity index is 379. The molecule has 1 aromatic carbocycles. The van der Waals surface area contributed by atoms with Gasteiger partial charge >= 0.3 is 0 Å². The van der Waals surface area contributed by atoms with Crippen molar-refractivity contribution < 1.29 is 4.74 Å². The summed E-state index contributed by atoms with van der Waals surface area (Å²) in [7, 11) is 1.72. The average Bonchev–Trinajstić information content (AvgIpc) is 2.28. The Balaban J connectivity index is 2.99. The van der Waals surface area contributed by atoms with Crippen molar-refractivity contribution in [2.75, 3.05) is 12.4 Å². The van der Waals surface area contributed by atoms with E-state index in [2.05, 4.69) is 58.1 Å². The highest BCUT2D eigenvalue weighted by Gasteiger charge is 2.16. The van der Waals surface area contributed by atoms with Crippen LogP contribution in [0.3, 0.4) is 0 Å². The molecule has 0 bridgehead atoms. The molecule has 1 unspecified atom stereocenters. The van der Waals surface area contributed by atoms with Crippen molar-refractivity contribution in [1.82, 2.24) is 0 Å². The lowest BCUT2D eigenvalue weighted by Crippen LogP contribution is -2.17. The Hall–Kier alpha value is -1.18. The molecule has 1 rings (SSSR count). The molecule has 0 fully saturated rings. The van der Waals surface area contributed by atoms with Gasteiger partial charge in [-0.1, -0.05) is 40.2 Å². The first-order valence-electron chi connectivity index (χ1n) is 6.83. The number of methoxy groups -OCH3 is 1. The molecule has 0 aromatic heterocycles. The van der Waals surface area contributed by atoms with Gasteiger partial charge in [0.25, 0.3) is 0 Å². The summed E-state index contributed by atoms with van der Waals surface area (Å²) in [6.45, 7) is 11.1. The van der Waals surface area contributed by atoms with E-state index in [0.717, 1.165) is 11.4 Å². The molecule has 1 atom stereocenters. The minimum absolute atomic E-state index is 0.163. The highest BCUT2D eigenvalue weighted by Crippen LogP contribution is 2.32. The van der Waals surface area contributed by atoms with E-state index < -0.39 is 0 Å². The molecule has 2 heteroatoms. The van der Waals surface area contributed by atoms with Crippen LogP contribution >= 0.6 is 0 Å². The van der Waals surface area contributed by atoms with E-state index in [4.69, 9.17) is 4.74 Å². The van der Waals surface area contributed by atoms with Crippen molar-refractivity contribution in [3.8, 4) is 5.75 Å². The second-order valence-corrected chi connectivity index (χ2v) is 6.00. The summed E-state index contributed by atoms with van der Waals surface area (Å²) >= 11 is 0. The van der Waals surface area contributed by atoms with Crippen molar-refractivity contribution in [2.45, 2.75) is 58.9 Å². The molecule has 0 amide bonds. The number of hydrogen-bond donors (Lipinski definition) is 1. The number of anilines is 1. The largest absolute Gasteiger partial charge is 0.495 e. The third kappa shape index (κ3) is 3.94. The molecule has 0 spiro atoms. The zero-order valence-electron chi connectivity index (χ0n) is 12.6. The van der Waals surface area contributed by atoms with Gasteiger partial charge in [0.15, 0.2) is 0 Å². The van der Waals surface area contributed by atoms with Gasteiger partial charge in [-0.2, -0.15) is 0 Å². The third-order valence-electron chi connectivity index (χ3n) is 3.19. The Labute approximate surface area is 112 Å². The maximum absolute atomic E-state index is 5.43. The number of ether oxygens (including phenoxy) is 1. The summed E-state index contributed by atoms with van der Waals surface area (Å²) in [6.07, 6.45) is 2.36. The molecule has 0 saturated heterocycles. The van der Waals surface area contributed by atoms with Crippen LogP contribution in [0.5, 0.6) is 5.75 Å². The highest BCUT2D eigenvalue weighted by atomic mass is 16.5. The van der Waals surface area contributed by atoms with Crippen molar-refractivity contribution >= 4 is 5.69 Å². The van der Waals surface area contributed by atoms with Crippen molar-refractivity contribution in [3.63, 3.8) is 0 Å². The second-order valence-electron chi connectivity index (χ2n) is 6.00. The third-order valence-corrected chi connectivity index (χ3v) is 3.19. The predicted molar refractivity (Wildman–Crippen MR) is 79.7 cm³/mol. The van der Waals surface area contributed by atoms with E-state index in [1.54, 1.807) is 7.11 Å². The lowest BCUT2D eigenvalue weighted by molar-refractivity contribution is 0.415. The maximum atomic E-state index is 5.43. The van der Waals surface area contributed by atoms with Gasteiger partial charge in [-0.3, -0.25) is 0 Å². The van der Waals surface area contributed by atoms with Gasteiger partial charge in [-0.15, -0.1) is 0 Å². The fraction of sp³-hybridized carbons (Fsp3) is 0.625. The Morgan fingerprint density at radius 2 is 1.94 bits per heavy atom. The Morgan fingerprint density at radius 1 is 1.28 bits per heavy atom. The number of benzene rings is 1. The van der Waals surface area contributed by atoms with Crippen LogP contribution in [0.1, 0.15) is 53.0 Å². The van der Waals surface area contributed by atoms with Gasteiger partial charge in [-0.25, -0.2) is 0 Å². The molecule has 0 aliphatic rings. The van der Waals surface area contributed by atoms with E-state index >= 15 is 0 Å². The Kier molecular flexibility index (Phi) is 5.06. The molecule has 0 aliphatic carbocycles. The Morgan fingerprint density at radius 3 is 2.44 bits per heavy atom. The van der Waals surface area contributed by atoms with Crippen molar-refractivity contribution in [3.05, 3.63) is 23.8 Å². The lowest BCUT2D eigenvalue weighted by atomic mass is 9.86. The average molecular weight is 249 g/mol. The van der Waals surface area contributed by atoms with Gasteiger partial charge in [0.05, 0.1) is 12.8 Å². The van der Waals surface area contributed by atoms with Crippen molar-refractivity contribution in [2.24, 2.45) is 0 Å². The van der Waals surface area contributed by atoms with Crippen LogP contribution in [0.15, 0.2) is 18.2 Å². The molecule has 1 aromatic rings. The molecule has 1 N–H and O–H groups in total. The summed E-state index contributed by atoms with van der Waals surface area (Å²) in [5.74, 6) is 0.922. The lowest BCUT2D eigenvalue weighted by Gasteiger charge is -2.23. The van der Waals surface area contributed by atoms with E-state index in [1.807, 2.05) is 0 Å². The topological polar surface area (TPSA) is 21.3 Å². The normalized spacial score (nSPS) is 13.2. The zero-order valence-corrected chi connectivity index (χ0v) is 12.6. The molecule has 0 saturated carbocycles. The highest BCUT2D eigenvalue weighted by molar-refractivity contribution is 5.59. The molecule has 2 nitrogen and oxygen atoms in total. The molecule has 0 heterocycles. The van der Waals surface area contributed by atoms with Crippen LogP contribution in [0.4, 0.5) is 5.69 Å². The van der Waals surface area contributed by atoms with Crippen LogP contribution in [-0.2, 0) is 5.41 Å². The fourth-order valence-electron chi connectivity index (χ4n) is 2.06. The van der Waals surface area contributed by atoms with Gasteiger partial charge in [0, 0.05) is 6.04 Å². The first kappa shape index (κ1) is 14.9. The van der Waals surface area contributed by atoms with Crippen LogP contribution in [0.2, 0.25) is 0 Å². The van der Waals surface area contributed by atoms with Crippen LogP contribution in [0, 0.1) is 0 Å². The first-order chi connectivity index (χ1) is 8.38. The zero-order chi connectivity index (χ0) is 13.8. The monoisotopic (exact) mass is 249 g/mol. The van der Waals surface area contributed by atoms with Crippen molar-refractivity contribution in [1.29, 1.82) is 0 Å². The molecule has 0 aliphatic heterocycles. The molecule has 18 heavy (non-hydrogen) atoms. The molecular formula is C16H27NO. The van der Waals surface area contributed by atoms with E-state index in [9.17, 15) is 0 Å². The second kappa shape index (κ2) is 6.12. The SMILES string of the molecule is CCCC(C)Nc1cc(C(C)(C)C)ccc1OC. The van der Waals surface area contributed by atoms with Crippen LogP contribution in [0.25, 0.3) is 0 Å². The minimum atomic E-state index is 0.163. The smallest absolute Gasteiger partial charge is 0.141 e. The van der Waals surface area contributed by atoms with Crippen LogP contribution in [-0.4, -0.2) is 13.2 Å². The summed E-state index contributed by atoms with van der Waals surface area (Å²) in [5.41, 5.74) is 2.59. The molecule has 102 valence electrons. The van der Waals surface area contributed by atoms with E-state index in [-0.39, 0.29) is 5.41 Å². The molecule has 0 radical (unpaired) electrons. The molecular weight excluding hydrogens is 222 g/mol. The first-order valence-corrected chi connectivity index (χ1v) is 6.83. The number of nitrogens with one attached hydrogen (secondary N) is 1. The van der Waals surface area contributed by atoms with E-state index in [1.165, 1.54) is 18.4 Å². The van der Waals surface area contributed by atoms with Gasteiger partial charge in [-0.05, 0) is 36.5 Å². The van der Waals surface area contributed by atoms with Gasteiger partial charge in [0.2, 0.25) is 0 Å². The summed E-state index contributed by atoms with van der Waals surface area (Å²) < 4.78 is 5.43. The number of hydrogen-bond acceptors (Lipinski definition) is 2. The number of rotatable bonds is 5. The summed E-state index contributed by atoms with van der Waals surface area (Å²) in [6, 6.07) is 6.89. The fourth-order valence-corrected chi connectivity index (χ4v) is 2.06. The maximum Gasteiger partial charge on any atom is 0.141 e. The van der Waals surface area contributed by atoms with Gasteiger partial charge in [0.1, 0.15) is 5.75 Å². The standard InChI is InChI=1S/C16H27NO/c1-7-8-12(2)17-14-11-13(16(3,4)5)9-10-15(14)18-6/h9-12,17H,7-8H2,1-6H3.